The third kappa shape index (κ3) is 6.35. The molecule has 0 radical (unpaired) electrons. The predicted molar refractivity (Wildman–Crippen MR) is 76.7 cm³/mol. The molecular weight excluding hydrogens is 266 g/mol. The maximum Gasteiger partial charge on any atom is 0.147 e. The smallest absolute Gasteiger partial charge is 0.147 e. The first-order valence-corrected chi connectivity index (χ1v) is 8.27. The molecule has 0 bridgehead atoms. The molecule has 0 saturated carbocycles. The van der Waals surface area contributed by atoms with Crippen LogP contribution in [0.3, 0.4) is 0 Å². The Balaban J connectivity index is 2.59. The topological polar surface area (TPSA) is 110 Å². The van der Waals surface area contributed by atoms with Crippen molar-refractivity contribution in [2.24, 2.45) is 5.84 Å². The first-order valence-electron chi connectivity index (χ1n) is 6.20. The van der Waals surface area contributed by atoms with Gasteiger partial charge in [-0.15, -0.1) is 0 Å². The lowest BCUT2D eigenvalue weighted by Crippen LogP contribution is -2.14. The van der Waals surface area contributed by atoms with E-state index in [1.165, 1.54) is 6.26 Å². The largest absolute Gasteiger partial charge is 0.370 e. The van der Waals surface area contributed by atoms with Crippen LogP contribution in [0.4, 0.5) is 11.6 Å². The number of anilines is 2. The molecule has 0 aliphatic carbocycles. The zero-order valence-corrected chi connectivity index (χ0v) is 12.1. The van der Waals surface area contributed by atoms with Crippen LogP contribution in [0, 0.1) is 0 Å². The number of hydrazine groups is 1. The van der Waals surface area contributed by atoms with Gasteiger partial charge in [0.2, 0.25) is 0 Å². The highest BCUT2D eigenvalue weighted by molar-refractivity contribution is 7.90. The summed E-state index contributed by atoms with van der Waals surface area (Å²) in [5.41, 5.74) is 2.49. The van der Waals surface area contributed by atoms with Crippen molar-refractivity contribution in [2.45, 2.75) is 26.2 Å². The zero-order valence-electron chi connectivity index (χ0n) is 11.3. The van der Waals surface area contributed by atoms with Gasteiger partial charge in [0, 0.05) is 25.3 Å². The molecule has 19 heavy (non-hydrogen) atoms. The molecular formula is C11H21N5O2S. The summed E-state index contributed by atoms with van der Waals surface area (Å²) in [6.07, 6.45) is 3.49. The fraction of sp³-hybridized carbons (Fsp3) is 0.636. The molecule has 0 fully saturated rings. The number of hydrogen-bond acceptors (Lipinski definition) is 7. The predicted octanol–water partition coefficient (Wildman–Crippen LogP) is 0.561. The third-order valence-corrected chi connectivity index (χ3v) is 3.42. The highest BCUT2D eigenvalue weighted by Gasteiger charge is 2.04. The van der Waals surface area contributed by atoms with Crippen molar-refractivity contribution in [2.75, 3.05) is 29.3 Å². The van der Waals surface area contributed by atoms with E-state index in [2.05, 4.69) is 20.7 Å². The summed E-state index contributed by atoms with van der Waals surface area (Å²) in [7, 11) is -2.91. The van der Waals surface area contributed by atoms with Gasteiger partial charge in [0.1, 0.15) is 27.3 Å². The van der Waals surface area contributed by atoms with E-state index in [1.807, 2.05) is 6.92 Å². The summed E-state index contributed by atoms with van der Waals surface area (Å²) in [5.74, 6) is 7.42. The summed E-state index contributed by atoms with van der Waals surface area (Å²) in [6.45, 7) is 2.59. The van der Waals surface area contributed by atoms with Gasteiger partial charge < -0.3 is 10.7 Å². The molecule has 0 aliphatic rings. The Morgan fingerprint density at radius 3 is 2.58 bits per heavy atom. The van der Waals surface area contributed by atoms with Gasteiger partial charge in [0.15, 0.2) is 0 Å². The second-order valence-corrected chi connectivity index (χ2v) is 6.62. The van der Waals surface area contributed by atoms with Crippen LogP contribution in [0.1, 0.15) is 25.6 Å². The van der Waals surface area contributed by atoms with Crippen molar-refractivity contribution >= 4 is 21.5 Å². The van der Waals surface area contributed by atoms with Gasteiger partial charge in [-0.3, -0.25) is 0 Å². The van der Waals surface area contributed by atoms with Crippen LogP contribution < -0.4 is 16.6 Å². The summed E-state index contributed by atoms with van der Waals surface area (Å²) >= 11 is 0. The zero-order chi connectivity index (χ0) is 14.3. The number of hydrogen-bond donors (Lipinski definition) is 3. The second kappa shape index (κ2) is 7.25. The van der Waals surface area contributed by atoms with Gasteiger partial charge in [-0.2, -0.15) is 0 Å². The molecule has 1 heterocycles. The van der Waals surface area contributed by atoms with Crippen LogP contribution in [0.25, 0.3) is 0 Å². The Hall–Kier alpha value is -1.41. The minimum Gasteiger partial charge on any atom is -0.370 e. The van der Waals surface area contributed by atoms with Gasteiger partial charge in [0.05, 0.1) is 5.75 Å². The molecule has 8 heteroatoms. The number of sulfone groups is 1. The van der Waals surface area contributed by atoms with E-state index in [9.17, 15) is 8.42 Å². The molecule has 1 aromatic rings. The van der Waals surface area contributed by atoms with E-state index in [0.717, 1.165) is 12.8 Å². The van der Waals surface area contributed by atoms with E-state index < -0.39 is 9.84 Å². The summed E-state index contributed by atoms with van der Waals surface area (Å²) in [6, 6.07) is 1.69. The Morgan fingerprint density at radius 1 is 1.32 bits per heavy atom. The average Bonchev–Trinajstić information content (AvgIpc) is 2.34. The second-order valence-electron chi connectivity index (χ2n) is 4.36. The maximum absolute atomic E-state index is 11.0. The SMILES string of the molecule is CCCc1nc(NN)cc(NCCCS(C)(=O)=O)n1. The number of rotatable bonds is 8. The normalized spacial score (nSPS) is 11.3. The van der Waals surface area contributed by atoms with Crippen LogP contribution in [0.5, 0.6) is 0 Å². The number of nitrogen functional groups attached to an aromatic ring is 1. The molecule has 7 nitrogen and oxygen atoms in total. The van der Waals surface area contributed by atoms with E-state index in [0.29, 0.717) is 30.4 Å². The fourth-order valence-electron chi connectivity index (χ4n) is 1.55. The van der Waals surface area contributed by atoms with Crippen LogP contribution in [-0.2, 0) is 16.3 Å². The minimum atomic E-state index is -2.91. The molecule has 0 spiro atoms. The molecule has 1 aromatic heterocycles. The summed E-state index contributed by atoms with van der Waals surface area (Å²) in [4.78, 5) is 8.56. The van der Waals surface area contributed by atoms with Crippen LogP contribution in [0.15, 0.2) is 6.07 Å². The molecule has 0 amide bonds. The lowest BCUT2D eigenvalue weighted by atomic mass is 10.3. The number of aryl methyl sites for hydroxylation is 1. The van der Waals surface area contributed by atoms with Crippen LogP contribution in [-0.4, -0.2) is 36.9 Å². The number of nitrogens with two attached hydrogens (primary N) is 1. The molecule has 108 valence electrons. The highest BCUT2D eigenvalue weighted by Crippen LogP contribution is 2.11. The first-order chi connectivity index (χ1) is 8.94. The van der Waals surface area contributed by atoms with E-state index >= 15 is 0 Å². The standard InChI is InChI=1S/C11H21N5O2S/c1-3-5-9-14-10(8-11(15-9)16-12)13-6-4-7-19(2,17)18/h8H,3-7,12H2,1-2H3,(H2,13,14,15,16). The monoisotopic (exact) mass is 287 g/mol. The highest BCUT2D eigenvalue weighted by atomic mass is 32.2. The third-order valence-electron chi connectivity index (χ3n) is 2.39. The van der Waals surface area contributed by atoms with E-state index in [1.54, 1.807) is 6.07 Å². The van der Waals surface area contributed by atoms with E-state index in [4.69, 9.17) is 5.84 Å². The lowest BCUT2D eigenvalue weighted by molar-refractivity contribution is 0.600. The summed E-state index contributed by atoms with van der Waals surface area (Å²) in [5, 5.41) is 3.08. The van der Waals surface area contributed by atoms with Crippen molar-refractivity contribution in [3.05, 3.63) is 11.9 Å². The first kappa shape index (κ1) is 15.6. The number of nitrogens with one attached hydrogen (secondary N) is 2. The van der Waals surface area contributed by atoms with Crippen LogP contribution >= 0.6 is 0 Å². The average molecular weight is 287 g/mol. The Morgan fingerprint density at radius 2 is 2.00 bits per heavy atom. The minimum absolute atomic E-state index is 0.162. The van der Waals surface area contributed by atoms with Crippen molar-refractivity contribution in [3.63, 3.8) is 0 Å². The van der Waals surface area contributed by atoms with E-state index in [-0.39, 0.29) is 5.75 Å². The molecule has 0 aliphatic heterocycles. The Bertz CT molecular complexity index is 504. The van der Waals surface area contributed by atoms with Gasteiger partial charge >= 0.3 is 0 Å². The molecule has 0 saturated heterocycles. The number of aromatic nitrogens is 2. The lowest BCUT2D eigenvalue weighted by Gasteiger charge is -2.09. The molecule has 0 aromatic carbocycles. The Labute approximate surface area is 113 Å². The maximum atomic E-state index is 11.0. The molecule has 0 atom stereocenters. The molecule has 0 unspecified atom stereocenters. The van der Waals surface area contributed by atoms with Crippen LogP contribution in [0.2, 0.25) is 0 Å². The van der Waals surface area contributed by atoms with Gasteiger partial charge in [-0.05, 0) is 12.8 Å². The van der Waals surface area contributed by atoms with Crippen molar-refractivity contribution in [1.29, 1.82) is 0 Å². The fourth-order valence-corrected chi connectivity index (χ4v) is 2.22. The van der Waals surface area contributed by atoms with Crippen molar-refractivity contribution in [1.82, 2.24) is 9.97 Å². The van der Waals surface area contributed by atoms with Crippen molar-refractivity contribution in [3.8, 4) is 0 Å². The van der Waals surface area contributed by atoms with Gasteiger partial charge in [-0.25, -0.2) is 24.2 Å². The quantitative estimate of drug-likeness (QED) is 0.364. The van der Waals surface area contributed by atoms with Crippen molar-refractivity contribution < 1.29 is 8.42 Å². The van der Waals surface area contributed by atoms with Gasteiger partial charge in [0.25, 0.3) is 0 Å². The molecule has 4 N–H and O–H groups in total. The Kier molecular flexibility index (Phi) is 5.97. The summed E-state index contributed by atoms with van der Waals surface area (Å²) < 4.78 is 22.0. The van der Waals surface area contributed by atoms with Gasteiger partial charge in [-0.1, -0.05) is 6.92 Å². The number of nitrogens with zero attached hydrogens (tertiary/aromatic N) is 2. The molecule has 1 rings (SSSR count).